The third kappa shape index (κ3) is 81.4. The van der Waals surface area contributed by atoms with Crippen LogP contribution in [0, 0.1) is 5.41 Å². The molecule has 0 fully saturated rings. The lowest BCUT2D eigenvalue weighted by Gasteiger charge is -2.41. The summed E-state index contributed by atoms with van der Waals surface area (Å²) >= 11 is 0. The van der Waals surface area contributed by atoms with Gasteiger partial charge in [-0.05, 0) is 162 Å². The fourth-order valence-electron chi connectivity index (χ4n) is 10.4. The van der Waals surface area contributed by atoms with Crippen LogP contribution in [0.4, 0.5) is 0 Å². The molecule has 8 atom stereocenters. The number of aliphatic hydroxyl groups is 17. The third-order valence-corrected chi connectivity index (χ3v) is 21.2. The van der Waals surface area contributed by atoms with Gasteiger partial charge in [-0.2, -0.15) is 0 Å². The van der Waals surface area contributed by atoms with Crippen molar-refractivity contribution >= 4 is 0 Å². The molecule has 0 bridgehead atoms. The molecule has 0 spiro atoms. The van der Waals surface area contributed by atoms with Crippen molar-refractivity contribution in [2.75, 3.05) is 238 Å². The monoisotopic (exact) mass is 2030 g/mol. The van der Waals surface area contributed by atoms with Crippen molar-refractivity contribution in [1.82, 2.24) is 0 Å². The molecule has 0 saturated carbocycles. The molecule has 0 aliphatic heterocycles. The van der Waals surface area contributed by atoms with E-state index >= 15 is 0 Å². The summed E-state index contributed by atoms with van der Waals surface area (Å²) in [5, 5.41) is 196. The maximum absolute atomic E-state index is 10.1. The van der Waals surface area contributed by atoms with Crippen LogP contribution >= 0.6 is 0 Å². The average molecular weight is 2030 g/mol. The highest BCUT2D eigenvalue weighted by Crippen LogP contribution is 2.33. The number of hydrogen-bond acceptors (Lipinski definition) is 41. The number of rotatable bonds is 76. The maximum atomic E-state index is 10.1. The largest absolute Gasteiger partial charge is 0.394 e. The Morgan fingerprint density at radius 3 is 0.514 bits per heavy atom. The number of hydrogen-bond donors (Lipinski definition) is 21. The lowest BCUT2D eigenvalue weighted by Crippen LogP contribution is -2.54. The molecule has 0 aliphatic carbocycles. The molecule has 138 heavy (non-hydrogen) atoms. The van der Waals surface area contributed by atoms with Crippen molar-refractivity contribution in [1.29, 1.82) is 0 Å². The topological polar surface area (TPSA) is 609 Å². The van der Waals surface area contributed by atoms with Gasteiger partial charge >= 0.3 is 0 Å². The van der Waals surface area contributed by atoms with Crippen molar-refractivity contribution in [3.63, 3.8) is 0 Å². The molecule has 840 valence electrons. The Kier molecular flexibility index (Phi) is 93.8. The van der Waals surface area contributed by atoms with E-state index in [9.17, 15) is 71.8 Å². The summed E-state index contributed by atoms with van der Waals surface area (Å²) in [6.07, 6.45) is 8.68. The van der Waals surface area contributed by atoms with Gasteiger partial charge in [-0.15, -0.1) is 52.6 Å². The third-order valence-electron chi connectivity index (χ3n) is 21.2. The second-order valence-electron chi connectivity index (χ2n) is 38.9. The predicted octanol–water partition coefficient (Wildman–Crippen LogP) is 7.42. The molecule has 0 radical (unpaired) electrons. The highest BCUT2D eigenvalue weighted by Gasteiger charge is 2.44. The Balaban J connectivity index is -0.000000205. The van der Waals surface area contributed by atoms with E-state index in [0.717, 1.165) is 38.5 Å². The second-order valence-corrected chi connectivity index (χ2v) is 38.9. The number of ether oxygens (including phenoxy) is 16. The van der Waals surface area contributed by atoms with Gasteiger partial charge in [0.05, 0.1) is 241 Å². The van der Waals surface area contributed by atoms with Gasteiger partial charge in [0.1, 0.15) is 91.6 Å². The van der Waals surface area contributed by atoms with Gasteiger partial charge in [-0.3, -0.25) is 21.0 Å². The van der Waals surface area contributed by atoms with Gasteiger partial charge in [0.2, 0.25) is 0 Å². The summed E-state index contributed by atoms with van der Waals surface area (Å²) in [6.45, 7) is 65.5. The van der Waals surface area contributed by atoms with Crippen LogP contribution in [0.2, 0.25) is 0 Å². The molecule has 21 N–H and O–H groups in total. The van der Waals surface area contributed by atoms with Crippen LogP contribution < -0.4 is 0 Å². The Labute approximate surface area is 829 Å². The highest BCUT2D eigenvalue weighted by atomic mass is 17.1. The maximum Gasteiger partial charge on any atom is 0.150 e. The van der Waals surface area contributed by atoms with E-state index in [4.69, 9.17) is 112 Å². The summed E-state index contributed by atoms with van der Waals surface area (Å²) in [5.74, 6) is 0. The summed E-state index contributed by atoms with van der Waals surface area (Å²) in [4.78, 5) is 17.2. The number of aliphatic hydroxyl groups excluding tert-OH is 12. The van der Waals surface area contributed by atoms with Gasteiger partial charge in [-0.1, -0.05) is 82.1 Å². The normalized spacial score (nSPS) is 17.2. The summed E-state index contributed by atoms with van der Waals surface area (Å²) < 4.78 is 93.4. The van der Waals surface area contributed by atoms with Gasteiger partial charge in [-0.25, -0.2) is 19.6 Å². The SMILES string of the molecule is C=C.C=C.C=C.C=C.CC(CO)(CO)OC(C)(CO)CO.CC(COO)(COCC(C)(COCC(C)(COO)OO)OC(C)(COCC(C)(COCCO)OCCO)COCC(C)(COCCO)OCCO)OO.CC(O)(CO)COCC(C)(COCC(C)(O)CO)OC(C)(COCC(C)(O)CO)COCC(C)(O)CO.CCC(C)(C)CC.CCC(C)(CC)OC(C)(CC)CC.CCC(C)(O)CC. The van der Waals surface area contributed by atoms with E-state index in [1.807, 2.05) is 20.8 Å². The van der Waals surface area contributed by atoms with Crippen LogP contribution in [0.25, 0.3) is 0 Å². The molecule has 0 aromatic carbocycles. The van der Waals surface area contributed by atoms with Crippen LogP contribution in [0.5, 0.6) is 0 Å². The summed E-state index contributed by atoms with van der Waals surface area (Å²) in [6, 6.07) is 0. The molecule has 8 unspecified atom stereocenters. The van der Waals surface area contributed by atoms with Crippen molar-refractivity contribution < 1.29 is 203 Å². The first-order valence-corrected chi connectivity index (χ1v) is 46.9. The van der Waals surface area contributed by atoms with Gasteiger partial charge < -0.3 is 163 Å². The molecular weight excluding hydrogens is 1820 g/mol. The zero-order valence-electron chi connectivity index (χ0n) is 90.3. The molecule has 0 amide bonds. The van der Waals surface area contributed by atoms with E-state index in [-0.39, 0.29) is 209 Å². The Morgan fingerprint density at radius 2 is 0.362 bits per heavy atom. The minimum Gasteiger partial charge on any atom is -0.394 e. The first-order chi connectivity index (χ1) is 63.9. The van der Waals surface area contributed by atoms with E-state index in [1.165, 1.54) is 68.2 Å². The molecule has 41 heteroatoms. The summed E-state index contributed by atoms with van der Waals surface area (Å²) in [7, 11) is 0. The zero-order chi connectivity index (χ0) is 110. The lowest BCUT2D eigenvalue weighted by atomic mass is 9.88. The first-order valence-electron chi connectivity index (χ1n) is 46.9. The standard InChI is InChI=1S/C32H66O21.C24H50O13.C12H26O.C8H18O5.C7H16.C6H14O.4C2H4/c1-27(47-13-9-35,15-41-11-7-33)17-43-19-29(3,20-44-18-28(2,48-14-10-36)16-42-12-8-34)51-30(4,21-45-23-31(5,52-39)25-49-37)22-46-24-32(6,53-40)26-50-38;1-19(29,7-25)11-33-15-23(5,16-34-12-20(2,30)8-26)37-24(6,17-35-13-21(3,31)9-27)18-36-14-22(4,32)10-28;1-7-11(5,8-2)13-12(6,9-3)10-4;1-7(3-9,4-10)13-8(2,5-11)6-12;1-5-7(3,4)6-2;1-4-6(3,7)5-2;4*1-2/h33-40H,7-26H2,1-6H3;25-32H,7-18H2,1-6H3;7-10H2,1-6H3;9-12H,3-6H2,1-2H3;5-6H2,1-4H3;7H,4-5H2,1-3H3;4*1-2H2. The van der Waals surface area contributed by atoms with Crippen LogP contribution in [-0.2, 0) is 95.3 Å². The van der Waals surface area contributed by atoms with Crippen LogP contribution in [0.15, 0.2) is 52.6 Å². The van der Waals surface area contributed by atoms with Crippen LogP contribution in [0.1, 0.15) is 238 Å². The van der Waals surface area contributed by atoms with Crippen molar-refractivity contribution in [2.24, 2.45) is 5.41 Å². The second kappa shape index (κ2) is 83.3. The van der Waals surface area contributed by atoms with Gasteiger partial charge in [0.25, 0.3) is 0 Å². The molecule has 0 saturated heterocycles. The first kappa shape index (κ1) is 155. The fraction of sp³-hybridized carbons (Fsp3) is 0.918. The van der Waals surface area contributed by atoms with E-state index in [0.29, 0.717) is 5.41 Å². The zero-order valence-corrected chi connectivity index (χ0v) is 90.3. The molecule has 0 heterocycles. The Hall–Kier alpha value is -2.68. The minimum atomic E-state index is -1.50. The van der Waals surface area contributed by atoms with Crippen molar-refractivity contribution in [3.8, 4) is 0 Å². The molecular formula is C97H206O41. The predicted molar refractivity (Wildman–Crippen MR) is 529 cm³/mol. The van der Waals surface area contributed by atoms with Crippen LogP contribution in [0.3, 0.4) is 0 Å². The Morgan fingerprint density at radius 1 is 0.181 bits per heavy atom. The molecule has 0 aliphatic rings. The van der Waals surface area contributed by atoms with Gasteiger partial charge in [0, 0.05) is 0 Å². The smallest absolute Gasteiger partial charge is 0.150 e. The average Bonchev–Trinajstić information content (AvgIpc) is 0.818. The van der Waals surface area contributed by atoms with E-state index < -0.39 is 124 Å². The summed E-state index contributed by atoms with van der Waals surface area (Å²) in [5.41, 5.74) is -18.1. The van der Waals surface area contributed by atoms with Gasteiger partial charge in [0.15, 0.2) is 0 Å². The van der Waals surface area contributed by atoms with Crippen molar-refractivity contribution in [2.45, 2.75) is 334 Å². The quantitative estimate of drug-likeness (QED) is 0.0122. The molecule has 0 rings (SSSR count). The molecule has 41 nitrogen and oxygen atoms in total. The van der Waals surface area contributed by atoms with Crippen molar-refractivity contribution in [3.05, 3.63) is 52.6 Å². The Bertz CT molecular complexity index is 2430. The lowest BCUT2D eigenvalue weighted by molar-refractivity contribution is -0.372. The molecule has 0 aromatic rings. The van der Waals surface area contributed by atoms with Crippen LogP contribution in [-0.4, -0.2) is 441 Å². The highest BCUT2D eigenvalue weighted by molar-refractivity contribution is 4.91. The molecule has 0 aromatic heterocycles. The minimum absolute atomic E-state index is 0.00760. The van der Waals surface area contributed by atoms with E-state index in [2.05, 4.69) is 141 Å². The fourth-order valence-corrected chi connectivity index (χ4v) is 10.4. The van der Waals surface area contributed by atoms with E-state index in [1.54, 1.807) is 41.5 Å².